The van der Waals surface area contributed by atoms with Crippen molar-refractivity contribution in [3.63, 3.8) is 0 Å². The summed E-state index contributed by atoms with van der Waals surface area (Å²) in [5, 5.41) is 3.34. The first-order chi connectivity index (χ1) is 13.0. The standard InChI is InChI=1S/C20H27F2N3O2.ClH/c1-14(15-4-6-23-7-5-15)12-19(26)24-8-10-25(11-9-24)20(27)17-3-2-16(21)13-18(17)22;/h2-3,13-15,23H,4-12H2,1H3;1H. The van der Waals surface area contributed by atoms with Gasteiger partial charge in [0.15, 0.2) is 0 Å². The molecular weight excluding hydrogens is 388 g/mol. The maximum atomic E-state index is 13.8. The van der Waals surface area contributed by atoms with Crippen LogP contribution < -0.4 is 5.32 Å². The van der Waals surface area contributed by atoms with Crippen molar-refractivity contribution >= 4 is 24.2 Å². The van der Waals surface area contributed by atoms with E-state index in [1.807, 2.05) is 0 Å². The first-order valence-corrected chi connectivity index (χ1v) is 9.68. The molecule has 8 heteroatoms. The second-order valence-electron chi connectivity index (χ2n) is 7.57. The summed E-state index contributed by atoms with van der Waals surface area (Å²) in [6.45, 7) is 5.81. The number of rotatable bonds is 4. The molecule has 1 aromatic carbocycles. The van der Waals surface area contributed by atoms with Crippen molar-refractivity contribution in [2.24, 2.45) is 11.8 Å². The molecule has 1 atom stereocenters. The Morgan fingerprint density at radius 1 is 1.11 bits per heavy atom. The van der Waals surface area contributed by atoms with Gasteiger partial charge in [-0.05, 0) is 49.9 Å². The molecular formula is C20H28ClF2N3O2. The van der Waals surface area contributed by atoms with Gasteiger partial charge in [0.2, 0.25) is 5.91 Å². The summed E-state index contributed by atoms with van der Waals surface area (Å²) in [7, 11) is 0. The molecule has 156 valence electrons. The molecule has 2 amide bonds. The van der Waals surface area contributed by atoms with E-state index >= 15 is 0 Å². The number of hydrogen-bond acceptors (Lipinski definition) is 3. The maximum Gasteiger partial charge on any atom is 0.256 e. The minimum Gasteiger partial charge on any atom is -0.339 e. The number of hydrogen-bond donors (Lipinski definition) is 1. The molecule has 1 unspecified atom stereocenters. The summed E-state index contributed by atoms with van der Waals surface area (Å²) in [6.07, 6.45) is 2.76. The lowest BCUT2D eigenvalue weighted by Crippen LogP contribution is -2.51. The van der Waals surface area contributed by atoms with E-state index in [2.05, 4.69) is 12.2 Å². The first-order valence-electron chi connectivity index (χ1n) is 9.68. The third kappa shape index (κ3) is 5.41. The smallest absolute Gasteiger partial charge is 0.256 e. The van der Waals surface area contributed by atoms with Gasteiger partial charge in [0.25, 0.3) is 5.91 Å². The number of nitrogens with one attached hydrogen (secondary N) is 1. The van der Waals surface area contributed by atoms with Crippen LogP contribution in [0.1, 0.15) is 36.5 Å². The van der Waals surface area contributed by atoms with Crippen LogP contribution in [0.25, 0.3) is 0 Å². The summed E-state index contributed by atoms with van der Waals surface area (Å²) < 4.78 is 26.8. The van der Waals surface area contributed by atoms with E-state index in [9.17, 15) is 18.4 Å². The van der Waals surface area contributed by atoms with Gasteiger partial charge in [-0.25, -0.2) is 8.78 Å². The minimum atomic E-state index is -0.852. The summed E-state index contributed by atoms with van der Waals surface area (Å²) in [4.78, 5) is 28.4. The average Bonchev–Trinajstić information content (AvgIpc) is 2.68. The maximum absolute atomic E-state index is 13.8. The van der Waals surface area contributed by atoms with Crippen LogP contribution in [0, 0.1) is 23.5 Å². The third-order valence-electron chi connectivity index (χ3n) is 5.77. The summed E-state index contributed by atoms with van der Waals surface area (Å²) >= 11 is 0. The zero-order valence-electron chi connectivity index (χ0n) is 16.1. The molecule has 28 heavy (non-hydrogen) atoms. The minimum absolute atomic E-state index is 0. The molecule has 2 aliphatic rings. The van der Waals surface area contributed by atoms with Crippen LogP contribution in [-0.4, -0.2) is 60.9 Å². The fraction of sp³-hybridized carbons (Fsp3) is 0.600. The van der Waals surface area contributed by atoms with Gasteiger partial charge in [-0.2, -0.15) is 0 Å². The number of carbonyl (C=O) groups excluding carboxylic acids is 2. The van der Waals surface area contributed by atoms with Crippen LogP contribution in [0.2, 0.25) is 0 Å². The van der Waals surface area contributed by atoms with Gasteiger partial charge in [-0.3, -0.25) is 9.59 Å². The van der Waals surface area contributed by atoms with Crippen molar-refractivity contribution in [1.82, 2.24) is 15.1 Å². The normalized spacial score (nSPS) is 19.1. The van der Waals surface area contributed by atoms with Gasteiger partial charge < -0.3 is 15.1 Å². The van der Waals surface area contributed by atoms with Gasteiger partial charge in [0, 0.05) is 38.7 Å². The molecule has 0 bridgehead atoms. The Balaban J connectivity index is 0.00000280. The molecule has 0 aliphatic carbocycles. The van der Waals surface area contributed by atoms with E-state index in [1.54, 1.807) is 4.90 Å². The lowest BCUT2D eigenvalue weighted by atomic mass is 9.84. The molecule has 2 aliphatic heterocycles. The van der Waals surface area contributed by atoms with Crippen LogP contribution in [-0.2, 0) is 4.79 Å². The number of benzene rings is 1. The van der Waals surface area contributed by atoms with E-state index in [1.165, 1.54) is 11.0 Å². The van der Waals surface area contributed by atoms with E-state index in [-0.39, 0.29) is 23.9 Å². The topological polar surface area (TPSA) is 52.7 Å². The van der Waals surface area contributed by atoms with Crippen molar-refractivity contribution in [1.29, 1.82) is 0 Å². The highest BCUT2D eigenvalue weighted by atomic mass is 35.5. The third-order valence-corrected chi connectivity index (χ3v) is 5.77. The SMILES string of the molecule is CC(CC(=O)N1CCN(C(=O)c2ccc(F)cc2F)CC1)C1CCNCC1.Cl. The van der Waals surface area contributed by atoms with Crippen LogP contribution >= 0.6 is 12.4 Å². The monoisotopic (exact) mass is 415 g/mol. The molecule has 1 N–H and O–H groups in total. The molecule has 0 spiro atoms. The predicted molar refractivity (Wildman–Crippen MR) is 105 cm³/mol. The Kier molecular flexibility index (Phi) is 8.19. The van der Waals surface area contributed by atoms with Crippen LogP contribution in [0.15, 0.2) is 18.2 Å². The molecule has 2 saturated heterocycles. The number of piperazine rings is 1. The van der Waals surface area contributed by atoms with E-state index < -0.39 is 17.5 Å². The van der Waals surface area contributed by atoms with E-state index in [0.717, 1.165) is 38.1 Å². The highest BCUT2D eigenvalue weighted by molar-refractivity contribution is 5.94. The van der Waals surface area contributed by atoms with Gasteiger partial charge in [-0.1, -0.05) is 6.92 Å². The zero-order valence-corrected chi connectivity index (χ0v) is 16.9. The number of piperidine rings is 1. The Labute approximate surface area is 170 Å². The molecule has 3 rings (SSSR count). The summed E-state index contributed by atoms with van der Waals surface area (Å²) in [5.41, 5.74) is -0.129. The average molecular weight is 416 g/mol. The fourth-order valence-corrected chi connectivity index (χ4v) is 3.98. The quantitative estimate of drug-likeness (QED) is 0.822. The Bertz CT molecular complexity index is 690. The molecule has 0 saturated carbocycles. The summed E-state index contributed by atoms with van der Waals surface area (Å²) in [5.74, 6) is -0.951. The second-order valence-corrected chi connectivity index (χ2v) is 7.57. The largest absolute Gasteiger partial charge is 0.339 e. The van der Waals surface area contributed by atoms with Gasteiger partial charge in [-0.15, -0.1) is 12.4 Å². The highest BCUT2D eigenvalue weighted by Gasteiger charge is 2.28. The molecule has 2 fully saturated rings. The molecule has 5 nitrogen and oxygen atoms in total. The molecule has 1 aromatic rings. The number of nitrogens with zero attached hydrogens (tertiary/aromatic N) is 2. The first kappa shape index (κ1) is 22.6. The van der Waals surface area contributed by atoms with Crippen molar-refractivity contribution in [2.45, 2.75) is 26.2 Å². The second kappa shape index (κ2) is 10.2. The van der Waals surface area contributed by atoms with Crippen LogP contribution in [0.3, 0.4) is 0 Å². The van der Waals surface area contributed by atoms with Crippen LogP contribution in [0.4, 0.5) is 8.78 Å². The Morgan fingerprint density at radius 3 is 2.32 bits per heavy atom. The van der Waals surface area contributed by atoms with E-state index in [0.29, 0.717) is 44.4 Å². The van der Waals surface area contributed by atoms with Crippen molar-refractivity contribution in [2.75, 3.05) is 39.3 Å². The lowest BCUT2D eigenvalue weighted by molar-refractivity contribution is -0.134. The molecule has 0 radical (unpaired) electrons. The van der Waals surface area contributed by atoms with Crippen molar-refractivity contribution in [3.8, 4) is 0 Å². The summed E-state index contributed by atoms with van der Waals surface area (Å²) in [6, 6.07) is 2.97. The number of halogens is 3. The number of amides is 2. The number of carbonyl (C=O) groups is 2. The van der Waals surface area contributed by atoms with Gasteiger partial charge >= 0.3 is 0 Å². The van der Waals surface area contributed by atoms with Crippen molar-refractivity contribution in [3.05, 3.63) is 35.4 Å². The highest BCUT2D eigenvalue weighted by Crippen LogP contribution is 2.25. The molecule has 2 heterocycles. The Morgan fingerprint density at radius 2 is 1.71 bits per heavy atom. The lowest BCUT2D eigenvalue weighted by Gasteiger charge is -2.36. The van der Waals surface area contributed by atoms with Gasteiger partial charge in [0.1, 0.15) is 11.6 Å². The van der Waals surface area contributed by atoms with Crippen molar-refractivity contribution < 1.29 is 18.4 Å². The fourth-order valence-electron chi connectivity index (χ4n) is 3.98. The van der Waals surface area contributed by atoms with E-state index in [4.69, 9.17) is 0 Å². The van der Waals surface area contributed by atoms with Gasteiger partial charge in [0.05, 0.1) is 5.56 Å². The predicted octanol–water partition coefficient (Wildman–Crippen LogP) is 2.70. The zero-order chi connectivity index (χ0) is 19.4. The molecule has 0 aromatic heterocycles. The Hall–Kier alpha value is -1.73. The van der Waals surface area contributed by atoms with Crippen LogP contribution in [0.5, 0.6) is 0 Å².